The Labute approximate surface area is 201 Å². The van der Waals surface area contributed by atoms with Crippen LogP contribution in [0.25, 0.3) is 0 Å². The molecule has 3 N–H and O–H groups in total. The van der Waals surface area contributed by atoms with Crippen molar-refractivity contribution in [1.29, 1.82) is 0 Å². The van der Waals surface area contributed by atoms with E-state index in [9.17, 15) is 15.0 Å². The quantitative estimate of drug-likeness (QED) is 0.333. The third-order valence-corrected chi connectivity index (χ3v) is 5.95. The van der Waals surface area contributed by atoms with E-state index in [2.05, 4.69) is 20.3 Å². The van der Waals surface area contributed by atoms with Crippen molar-refractivity contribution in [3.63, 3.8) is 0 Å². The number of hydrogen-bond acceptors (Lipinski definition) is 9. The van der Waals surface area contributed by atoms with Crippen LogP contribution in [0.3, 0.4) is 0 Å². The fourth-order valence-corrected chi connectivity index (χ4v) is 4.65. The van der Waals surface area contributed by atoms with Crippen molar-refractivity contribution in [2.24, 2.45) is 0 Å². The summed E-state index contributed by atoms with van der Waals surface area (Å²) in [5.74, 6) is 0.100. The van der Waals surface area contributed by atoms with Crippen molar-refractivity contribution in [1.82, 2.24) is 15.0 Å². The summed E-state index contributed by atoms with van der Waals surface area (Å²) in [6.07, 6.45) is 0. The minimum absolute atomic E-state index is 0.0268. The average Bonchev–Trinajstić information content (AvgIpc) is 3.05. The number of aromatic hydroxyl groups is 2. The van der Waals surface area contributed by atoms with Gasteiger partial charge in [0, 0.05) is 34.5 Å². The number of fused-ring (bicyclic) bond motifs is 6. The molecule has 9 nitrogen and oxygen atoms in total. The fraction of sp³-hybridized carbons (Fsp3) is 0.0435. The van der Waals surface area contributed by atoms with Gasteiger partial charge < -0.3 is 25.0 Å². The number of esters is 1. The lowest BCUT2D eigenvalue weighted by Gasteiger charge is -2.36. The molecule has 2 aliphatic heterocycles. The van der Waals surface area contributed by atoms with Crippen molar-refractivity contribution in [2.45, 2.75) is 5.60 Å². The lowest BCUT2D eigenvalue weighted by atomic mass is 9.77. The average molecular weight is 495 g/mol. The minimum Gasteiger partial charge on any atom is -0.508 e. The van der Waals surface area contributed by atoms with Crippen LogP contribution in [0, 0.1) is 0 Å². The van der Waals surface area contributed by atoms with Gasteiger partial charge in [0.15, 0.2) is 5.60 Å². The van der Waals surface area contributed by atoms with Crippen molar-refractivity contribution < 1.29 is 24.5 Å². The topological polar surface area (TPSA) is 127 Å². The first-order chi connectivity index (χ1) is 16.3. The van der Waals surface area contributed by atoms with Gasteiger partial charge in [0.1, 0.15) is 23.0 Å². The molecule has 168 valence electrons. The number of halogens is 2. The minimum atomic E-state index is -1.39. The number of anilines is 2. The molecule has 4 aromatic rings. The van der Waals surface area contributed by atoms with Crippen molar-refractivity contribution in [2.75, 3.05) is 5.32 Å². The Morgan fingerprint density at radius 2 is 1.41 bits per heavy atom. The van der Waals surface area contributed by atoms with Crippen LogP contribution in [0.2, 0.25) is 10.6 Å². The van der Waals surface area contributed by atoms with Gasteiger partial charge in [-0.25, -0.2) is 4.79 Å². The zero-order valence-corrected chi connectivity index (χ0v) is 18.4. The molecule has 0 saturated carbocycles. The zero-order valence-electron chi connectivity index (χ0n) is 16.9. The van der Waals surface area contributed by atoms with Gasteiger partial charge in [-0.3, -0.25) is 0 Å². The number of phenols is 2. The summed E-state index contributed by atoms with van der Waals surface area (Å²) in [6.45, 7) is 0. The number of carbonyl (C=O) groups excluding carboxylic acids is 1. The van der Waals surface area contributed by atoms with E-state index in [1.54, 1.807) is 30.3 Å². The monoisotopic (exact) mass is 494 g/mol. The van der Waals surface area contributed by atoms with Crippen LogP contribution >= 0.6 is 23.2 Å². The van der Waals surface area contributed by atoms with Crippen LogP contribution in [-0.4, -0.2) is 31.1 Å². The van der Waals surface area contributed by atoms with Gasteiger partial charge in [-0.05, 0) is 65.7 Å². The van der Waals surface area contributed by atoms with E-state index in [1.807, 2.05) is 0 Å². The number of rotatable bonds is 2. The molecule has 3 aromatic carbocycles. The molecule has 6 rings (SSSR count). The lowest BCUT2D eigenvalue weighted by Crippen LogP contribution is -2.33. The smallest absolute Gasteiger partial charge is 0.340 e. The summed E-state index contributed by atoms with van der Waals surface area (Å²) in [6, 6.07) is 14.1. The summed E-state index contributed by atoms with van der Waals surface area (Å²) in [5, 5.41) is 22.9. The third-order valence-electron chi connectivity index (χ3n) is 5.61. The molecular weight excluding hydrogens is 483 g/mol. The predicted octanol–water partition coefficient (Wildman–Crippen LogP) is 4.90. The van der Waals surface area contributed by atoms with Gasteiger partial charge in [0.2, 0.25) is 16.5 Å². The molecule has 3 heterocycles. The second-order valence-corrected chi connectivity index (χ2v) is 8.29. The highest BCUT2D eigenvalue weighted by Gasteiger charge is 2.53. The number of nitrogens with one attached hydrogen (secondary N) is 1. The van der Waals surface area contributed by atoms with Crippen LogP contribution in [-0.2, 0) is 10.3 Å². The second kappa shape index (κ2) is 7.21. The van der Waals surface area contributed by atoms with E-state index >= 15 is 0 Å². The van der Waals surface area contributed by atoms with Crippen LogP contribution in [0.15, 0.2) is 54.6 Å². The molecule has 0 aliphatic carbocycles. The van der Waals surface area contributed by atoms with E-state index < -0.39 is 11.6 Å². The fourth-order valence-electron chi connectivity index (χ4n) is 4.29. The normalized spacial score (nSPS) is 14.6. The number of phenolic OH excluding ortho intramolecular Hbond substituents is 2. The van der Waals surface area contributed by atoms with Gasteiger partial charge in [0.05, 0.1) is 5.56 Å². The summed E-state index contributed by atoms with van der Waals surface area (Å²) >= 11 is 11.8. The van der Waals surface area contributed by atoms with E-state index in [0.717, 1.165) is 0 Å². The van der Waals surface area contributed by atoms with Crippen LogP contribution in [0.1, 0.15) is 27.0 Å². The highest BCUT2D eigenvalue weighted by Crippen LogP contribution is 2.57. The first kappa shape index (κ1) is 20.5. The standard InChI is InChI=1S/C23H12Cl2N4O5/c24-20-27-21(25)29-22(28-20)26-10-1-4-13-16(7-10)23(34-19(13)32)14-5-2-11(30)8-17(14)33-18-9-12(31)3-6-15(18)23/h1-9,30-31H,(H,26,27,28,29). The van der Waals surface area contributed by atoms with Gasteiger partial charge in [-0.2, -0.15) is 15.0 Å². The van der Waals surface area contributed by atoms with E-state index in [0.29, 0.717) is 27.9 Å². The molecule has 2 aliphatic rings. The van der Waals surface area contributed by atoms with E-state index in [-0.39, 0.29) is 39.5 Å². The molecular formula is C23H12Cl2N4O5. The molecule has 34 heavy (non-hydrogen) atoms. The summed E-state index contributed by atoms with van der Waals surface area (Å²) < 4.78 is 12.0. The third kappa shape index (κ3) is 3.01. The summed E-state index contributed by atoms with van der Waals surface area (Å²) in [7, 11) is 0. The number of benzene rings is 3. The van der Waals surface area contributed by atoms with Gasteiger partial charge >= 0.3 is 5.97 Å². The molecule has 0 amide bonds. The number of aromatic nitrogens is 3. The molecule has 1 spiro atoms. The Kier molecular flexibility index (Phi) is 4.35. The maximum Gasteiger partial charge on any atom is 0.340 e. The number of ether oxygens (including phenoxy) is 2. The molecule has 1 aromatic heterocycles. The summed E-state index contributed by atoms with van der Waals surface area (Å²) in [5.41, 5.74) is 1.04. The van der Waals surface area contributed by atoms with Gasteiger partial charge in [0.25, 0.3) is 0 Å². The Balaban J connectivity index is 1.57. The SMILES string of the molecule is O=C1OC2(c3ccc(O)cc3Oc3cc(O)ccc32)c2cc(Nc3nc(Cl)nc(Cl)n3)ccc21. The first-order valence-electron chi connectivity index (χ1n) is 9.90. The molecule has 0 saturated heterocycles. The molecule has 0 fully saturated rings. The Bertz CT molecular complexity index is 1460. The Hall–Kier alpha value is -4.08. The van der Waals surface area contributed by atoms with E-state index in [4.69, 9.17) is 32.7 Å². The van der Waals surface area contributed by atoms with E-state index in [1.165, 1.54) is 24.3 Å². The second-order valence-electron chi connectivity index (χ2n) is 7.62. The maximum atomic E-state index is 13.0. The first-order valence-corrected chi connectivity index (χ1v) is 10.7. The number of carbonyl (C=O) groups is 1. The zero-order chi connectivity index (χ0) is 23.6. The Morgan fingerprint density at radius 3 is 2.03 bits per heavy atom. The predicted molar refractivity (Wildman–Crippen MR) is 121 cm³/mol. The van der Waals surface area contributed by atoms with Crippen LogP contribution in [0.5, 0.6) is 23.0 Å². The van der Waals surface area contributed by atoms with Crippen LogP contribution in [0.4, 0.5) is 11.6 Å². The number of nitrogens with zero attached hydrogens (tertiary/aromatic N) is 3. The highest BCUT2D eigenvalue weighted by molar-refractivity contribution is 6.31. The largest absolute Gasteiger partial charge is 0.508 e. The van der Waals surface area contributed by atoms with Crippen LogP contribution < -0.4 is 10.1 Å². The summed E-state index contributed by atoms with van der Waals surface area (Å²) in [4.78, 5) is 24.7. The molecule has 0 bridgehead atoms. The molecule has 0 radical (unpaired) electrons. The molecule has 0 atom stereocenters. The molecule has 11 heteroatoms. The maximum absolute atomic E-state index is 13.0. The molecule has 0 unspecified atom stereocenters. The van der Waals surface area contributed by atoms with Gasteiger partial charge in [-0.15, -0.1) is 0 Å². The van der Waals surface area contributed by atoms with Crippen molar-refractivity contribution >= 4 is 40.8 Å². The Morgan fingerprint density at radius 1 is 0.794 bits per heavy atom. The van der Waals surface area contributed by atoms with Gasteiger partial charge in [-0.1, -0.05) is 0 Å². The van der Waals surface area contributed by atoms with Crippen molar-refractivity contribution in [3.05, 3.63) is 87.4 Å². The highest BCUT2D eigenvalue weighted by atomic mass is 35.5. The number of hydrogen-bond donors (Lipinski definition) is 3. The lowest BCUT2D eigenvalue weighted by molar-refractivity contribution is 0.0224. The van der Waals surface area contributed by atoms with Crippen molar-refractivity contribution in [3.8, 4) is 23.0 Å².